The number of rotatable bonds is 3. The van der Waals surface area contributed by atoms with Gasteiger partial charge in [-0.3, -0.25) is 9.98 Å². The first kappa shape index (κ1) is 8.40. The Hall–Kier alpha value is -1.70. The summed E-state index contributed by atoms with van der Waals surface area (Å²) in [6, 6.07) is 1.88. The fraction of sp³-hybridized carbons (Fsp3) is 0. The molecule has 0 saturated heterocycles. The van der Waals surface area contributed by atoms with Crippen molar-refractivity contribution in [1.82, 2.24) is 4.98 Å². The summed E-state index contributed by atoms with van der Waals surface area (Å²) in [5, 5.41) is 0. The van der Waals surface area contributed by atoms with Gasteiger partial charge in [0, 0.05) is 35.9 Å². The molecule has 0 aliphatic carbocycles. The van der Waals surface area contributed by atoms with E-state index in [1.807, 2.05) is 6.07 Å². The first-order valence-electron chi connectivity index (χ1n) is 3.59. The Kier molecular flexibility index (Phi) is 2.96. The quantitative estimate of drug-likeness (QED) is 0.619. The molecule has 0 radical (unpaired) electrons. The van der Waals surface area contributed by atoms with E-state index < -0.39 is 0 Å². The smallest absolute Gasteiger partial charge is 0.0347 e. The Morgan fingerprint density at radius 2 is 2.17 bits per heavy atom. The molecule has 60 valence electrons. The third-order valence-corrected chi connectivity index (χ3v) is 1.43. The fourth-order valence-corrected chi connectivity index (χ4v) is 0.839. The summed E-state index contributed by atoms with van der Waals surface area (Å²) in [6.07, 6.45) is 8.44. The maximum Gasteiger partial charge on any atom is 0.0347 e. The first-order chi connectivity index (χ1) is 5.88. The Bertz CT molecular complexity index is 313. The Morgan fingerprint density at radius 1 is 1.33 bits per heavy atom. The summed E-state index contributed by atoms with van der Waals surface area (Å²) in [4.78, 5) is 7.88. The van der Waals surface area contributed by atoms with Gasteiger partial charge in [-0.25, -0.2) is 0 Å². The molecule has 0 aromatic carbocycles. The van der Waals surface area contributed by atoms with Crippen molar-refractivity contribution in [2.45, 2.75) is 0 Å². The van der Waals surface area contributed by atoms with Gasteiger partial charge in [0.15, 0.2) is 0 Å². The third kappa shape index (κ3) is 1.89. The zero-order valence-corrected chi connectivity index (χ0v) is 6.77. The zero-order chi connectivity index (χ0) is 8.81. The molecule has 1 heterocycles. The van der Waals surface area contributed by atoms with Gasteiger partial charge in [-0.1, -0.05) is 19.2 Å². The number of pyridine rings is 1. The number of aromatic nitrogens is 1. The molecule has 0 unspecified atom stereocenters. The number of nitrogens with zero attached hydrogens (tertiary/aromatic N) is 2. The van der Waals surface area contributed by atoms with Crippen LogP contribution in [0.1, 0.15) is 11.1 Å². The van der Waals surface area contributed by atoms with Crippen LogP contribution in [0.15, 0.2) is 42.8 Å². The minimum absolute atomic E-state index is 0.975. The van der Waals surface area contributed by atoms with Crippen LogP contribution in [-0.2, 0) is 0 Å². The van der Waals surface area contributed by atoms with E-state index >= 15 is 0 Å². The van der Waals surface area contributed by atoms with E-state index in [1.165, 1.54) is 6.20 Å². The predicted octanol–water partition coefficient (Wildman–Crippen LogP) is 2.29. The summed E-state index contributed by atoms with van der Waals surface area (Å²) < 4.78 is 0. The van der Waals surface area contributed by atoms with Gasteiger partial charge in [0.05, 0.1) is 0 Å². The molecule has 1 rings (SSSR count). The molecule has 0 fully saturated rings. The van der Waals surface area contributed by atoms with E-state index in [0.29, 0.717) is 0 Å². The van der Waals surface area contributed by atoms with Gasteiger partial charge in [0.25, 0.3) is 0 Å². The molecule has 0 N–H and O–H groups in total. The highest BCUT2D eigenvalue weighted by atomic mass is 14.7. The lowest BCUT2D eigenvalue weighted by atomic mass is 10.1. The summed E-state index contributed by atoms with van der Waals surface area (Å²) in [5.74, 6) is 0. The minimum atomic E-state index is 0.975. The Balaban J connectivity index is 3.04. The molecule has 1 aromatic rings. The van der Waals surface area contributed by atoms with Crippen LogP contribution < -0.4 is 0 Å². The van der Waals surface area contributed by atoms with E-state index in [0.717, 1.165) is 11.1 Å². The first-order valence-corrected chi connectivity index (χ1v) is 3.59. The van der Waals surface area contributed by atoms with Gasteiger partial charge in [0.1, 0.15) is 0 Å². The SMILES string of the molecule is C=CN=Cc1ccncc1C=C. The van der Waals surface area contributed by atoms with Crippen molar-refractivity contribution in [3.8, 4) is 0 Å². The van der Waals surface area contributed by atoms with Crippen molar-refractivity contribution in [1.29, 1.82) is 0 Å². The second-order valence-corrected chi connectivity index (χ2v) is 2.17. The molecule has 0 spiro atoms. The van der Waals surface area contributed by atoms with Crippen LogP contribution >= 0.6 is 0 Å². The topological polar surface area (TPSA) is 25.2 Å². The maximum atomic E-state index is 3.97. The highest BCUT2D eigenvalue weighted by Crippen LogP contribution is 2.04. The lowest BCUT2D eigenvalue weighted by Crippen LogP contribution is -1.86. The van der Waals surface area contributed by atoms with Gasteiger partial charge in [-0.15, -0.1) is 0 Å². The van der Waals surface area contributed by atoms with Crippen molar-refractivity contribution in [2.24, 2.45) is 4.99 Å². The van der Waals surface area contributed by atoms with Crippen LogP contribution in [0.25, 0.3) is 6.08 Å². The monoisotopic (exact) mass is 158 g/mol. The van der Waals surface area contributed by atoms with Gasteiger partial charge in [-0.2, -0.15) is 0 Å². The molecular formula is C10H10N2. The molecular weight excluding hydrogens is 148 g/mol. The van der Waals surface area contributed by atoms with E-state index in [2.05, 4.69) is 23.1 Å². The molecule has 0 atom stereocenters. The lowest BCUT2D eigenvalue weighted by molar-refractivity contribution is 1.31. The molecule has 2 heteroatoms. The largest absolute Gasteiger partial charge is 0.265 e. The molecule has 0 aliphatic rings. The third-order valence-electron chi connectivity index (χ3n) is 1.43. The molecule has 0 amide bonds. The van der Waals surface area contributed by atoms with Crippen LogP contribution in [0, 0.1) is 0 Å². The van der Waals surface area contributed by atoms with E-state index in [4.69, 9.17) is 0 Å². The highest BCUT2D eigenvalue weighted by Gasteiger charge is 1.92. The van der Waals surface area contributed by atoms with E-state index in [9.17, 15) is 0 Å². The fourth-order valence-electron chi connectivity index (χ4n) is 0.839. The van der Waals surface area contributed by atoms with Crippen molar-refractivity contribution in [3.05, 3.63) is 48.9 Å². The van der Waals surface area contributed by atoms with Gasteiger partial charge in [0.2, 0.25) is 0 Å². The average Bonchev–Trinajstić information content (AvgIpc) is 2.15. The number of hydrogen-bond donors (Lipinski definition) is 0. The summed E-state index contributed by atoms with van der Waals surface area (Å²) in [5.41, 5.74) is 1.98. The molecule has 12 heavy (non-hydrogen) atoms. The average molecular weight is 158 g/mol. The van der Waals surface area contributed by atoms with Crippen molar-refractivity contribution in [2.75, 3.05) is 0 Å². The molecule has 1 aromatic heterocycles. The van der Waals surface area contributed by atoms with E-state index in [-0.39, 0.29) is 0 Å². The number of aliphatic imine (C=N–C) groups is 1. The second-order valence-electron chi connectivity index (χ2n) is 2.17. The normalized spacial score (nSPS) is 10.0. The Morgan fingerprint density at radius 3 is 2.83 bits per heavy atom. The van der Waals surface area contributed by atoms with Crippen molar-refractivity contribution in [3.63, 3.8) is 0 Å². The standard InChI is InChI=1S/C10H10N2/c1-3-9-7-12-6-5-10(9)8-11-4-2/h3-8H,1-2H2. The van der Waals surface area contributed by atoms with Crippen molar-refractivity contribution < 1.29 is 0 Å². The predicted molar refractivity (Wildman–Crippen MR) is 52.1 cm³/mol. The molecule has 0 aliphatic heterocycles. The lowest BCUT2D eigenvalue weighted by Gasteiger charge is -1.96. The van der Waals surface area contributed by atoms with Crippen LogP contribution in [0.5, 0.6) is 0 Å². The van der Waals surface area contributed by atoms with Gasteiger partial charge in [-0.05, 0) is 6.07 Å². The van der Waals surface area contributed by atoms with E-state index in [1.54, 1.807) is 24.7 Å². The zero-order valence-electron chi connectivity index (χ0n) is 6.77. The second kappa shape index (κ2) is 4.23. The van der Waals surface area contributed by atoms with Gasteiger partial charge < -0.3 is 0 Å². The van der Waals surface area contributed by atoms with Gasteiger partial charge >= 0.3 is 0 Å². The maximum absolute atomic E-state index is 3.97. The summed E-state index contributed by atoms with van der Waals surface area (Å²) in [6.45, 7) is 7.16. The minimum Gasteiger partial charge on any atom is -0.265 e. The highest BCUT2D eigenvalue weighted by molar-refractivity contribution is 5.85. The van der Waals surface area contributed by atoms with Crippen LogP contribution in [-0.4, -0.2) is 11.2 Å². The summed E-state index contributed by atoms with van der Waals surface area (Å²) in [7, 11) is 0. The molecule has 0 bridgehead atoms. The Labute approximate surface area is 72.0 Å². The number of hydrogen-bond acceptors (Lipinski definition) is 2. The molecule has 0 saturated carbocycles. The van der Waals surface area contributed by atoms with Crippen LogP contribution in [0.4, 0.5) is 0 Å². The van der Waals surface area contributed by atoms with Crippen molar-refractivity contribution >= 4 is 12.3 Å². The van der Waals surface area contributed by atoms with Crippen LogP contribution in [0.3, 0.4) is 0 Å². The molecule has 2 nitrogen and oxygen atoms in total. The van der Waals surface area contributed by atoms with Crippen LogP contribution in [0.2, 0.25) is 0 Å². The summed E-state index contributed by atoms with van der Waals surface area (Å²) >= 11 is 0.